The van der Waals surface area contributed by atoms with Crippen LogP contribution in [0.3, 0.4) is 0 Å². The van der Waals surface area contributed by atoms with Crippen LogP contribution >= 0.6 is 0 Å². The fourth-order valence-corrected chi connectivity index (χ4v) is 1.06. The summed E-state index contributed by atoms with van der Waals surface area (Å²) >= 11 is 0. The first-order chi connectivity index (χ1) is 5.66. The van der Waals surface area contributed by atoms with E-state index < -0.39 is 0 Å². The van der Waals surface area contributed by atoms with Crippen molar-refractivity contribution in [3.63, 3.8) is 0 Å². The summed E-state index contributed by atoms with van der Waals surface area (Å²) in [5.74, 6) is 1.26. The molecule has 1 N–H and O–H groups in total. The van der Waals surface area contributed by atoms with Crippen molar-refractivity contribution in [2.75, 3.05) is 0 Å². The molecule has 0 unspecified atom stereocenters. The van der Waals surface area contributed by atoms with Gasteiger partial charge in [-0.05, 0) is 24.3 Å². The van der Waals surface area contributed by atoms with Gasteiger partial charge in [-0.3, -0.25) is 0 Å². The lowest BCUT2D eigenvalue weighted by Gasteiger charge is -2.07. The quantitative estimate of drug-likeness (QED) is 0.662. The van der Waals surface area contributed by atoms with Crippen LogP contribution in [-0.2, 0) is 0 Å². The van der Waals surface area contributed by atoms with Crippen LogP contribution in [0.25, 0.3) is 5.57 Å². The number of aromatic amines is 1. The molecule has 0 atom stereocenters. The molecule has 0 aliphatic heterocycles. The predicted molar refractivity (Wildman–Crippen MR) is 53.9 cm³/mol. The van der Waals surface area contributed by atoms with Crippen molar-refractivity contribution in [3.8, 4) is 0 Å². The summed E-state index contributed by atoms with van der Waals surface area (Å²) in [5, 5.41) is 0. The van der Waals surface area contributed by atoms with Crippen LogP contribution in [0.4, 0.5) is 5.82 Å². The Labute approximate surface area is 73.0 Å². The first kappa shape index (κ1) is 8.78. The third-order valence-electron chi connectivity index (χ3n) is 1.93. The van der Waals surface area contributed by atoms with Gasteiger partial charge in [0.25, 0.3) is 0 Å². The first-order valence-electron chi connectivity index (χ1n) is 4.00. The molecule has 1 heterocycles. The van der Waals surface area contributed by atoms with E-state index in [0.29, 0.717) is 5.92 Å². The highest BCUT2D eigenvalue weighted by atomic mass is 14.9. The van der Waals surface area contributed by atoms with E-state index in [0.717, 1.165) is 17.0 Å². The zero-order chi connectivity index (χ0) is 9.14. The largest absolute Gasteiger partial charge is 0.346 e. The minimum Gasteiger partial charge on any atom is -0.346 e. The van der Waals surface area contributed by atoms with Crippen molar-refractivity contribution >= 4 is 18.1 Å². The second kappa shape index (κ2) is 3.39. The Kier molecular flexibility index (Phi) is 2.48. The summed E-state index contributed by atoms with van der Waals surface area (Å²) in [5.41, 5.74) is 2.17. The number of H-pyrrole nitrogens is 1. The Morgan fingerprint density at radius 1 is 1.58 bits per heavy atom. The van der Waals surface area contributed by atoms with E-state index in [9.17, 15) is 0 Å². The second-order valence-corrected chi connectivity index (χ2v) is 3.08. The van der Waals surface area contributed by atoms with Crippen molar-refractivity contribution in [1.82, 2.24) is 4.98 Å². The number of hydrogen-bond donors (Lipinski definition) is 1. The topological polar surface area (TPSA) is 28.1 Å². The highest BCUT2D eigenvalue weighted by molar-refractivity contribution is 5.73. The lowest BCUT2D eigenvalue weighted by Crippen LogP contribution is -1.89. The highest BCUT2D eigenvalue weighted by Crippen LogP contribution is 2.28. The predicted octanol–water partition coefficient (Wildman–Crippen LogP) is 3.02. The van der Waals surface area contributed by atoms with E-state index in [-0.39, 0.29) is 0 Å². The van der Waals surface area contributed by atoms with E-state index >= 15 is 0 Å². The van der Waals surface area contributed by atoms with Crippen LogP contribution in [-0.4, -0.2) is 11.7 Å². The molecule has 64 valence electrons. The maximum absolute atomic E-state index is 4.00. The van der Waals surface area contributed by atoms with Gasteiger partial charge in [-0.25, -0.2) is 4.99 Å². The molecule has 2 heteroatoms. The Morgan fingerprint density at radius 3 is 2.75 bits per heavy atom. The molecule has 2 nitrogen and oxygen atoms in total. The minimum absolute atomic E-state index is 0.446. The molecule has 12 heavy (non-hydrogen) atoms. The number of aromatic nitrogens is 1. The summed E-state index contributed by atoms with van der Waals surface area (Å²) in [6.07, 6.45) is 1.85. The Bertz CT molecular complexity index is 295. The fraction of sp³-hybridized carbons (Fsp3) is 0.300. The maximum atomic E-state index is 4.00. The van der Waals surface area contributed by atoms with Gasteiger partial charge >= 0.3 is 0 Å². The Hall–Kier alpha value is -1.31. The lowest BCUT2D eigenvalue weighted by atomic mass is 9.99. The van der Waals surface area contributed by atoms with E-state index in [1.54, 1.807) is 0 Å². The van der Waals surface area contributed by atoms with Crippen molar-refractivity contribution in [3.05, 3.63) is 24.4 Å². The molecule has 0 spiro atoms. The van der Waals surface area contributed by atoms with Crippen LogP contribution in [0, 0.1) is 5.92 Å². The zero-order valence-corrected chi connectivity index (χ0v) is 7.59. The molecule has 0 bridgehead atoms. The number of rotatable bonds is 3. The smallest absolute Gasteiger partial charge is 0.136 e. The summed E-state index contributed by atoms with van der Waals surface area (Å²) in [6, 6.07) is 1.98. The normalized spacial score (nSPS) is 10.2. The van der Waals surface area contributed by atoms with E-state index in [4.69, 9.17) is 0 Å². The molecular formula is C10H14N2. The van der Waals surface area contributed by atoms with E-state index in [1.165, 1.54) is 0 Å². The summed E-state index contributed by atoms with van der Waals surface area (Å²) in [4.78, 5) is 6.87. The monoisotopic (exact) mass is 162 g/mol. The SMILES string of the molecule is C=Nc1[nH]ccc1C(=C)C(C)C. The third-order valence-corrected chi connectivity index (χ3v) is 1.93. The number of nitrogens with zero attached hydrogens (tertiary/aromatic N) is 1. The van der Waals surface area contributed by atoms with Gasteiger partial charge in [0.2, 0.25) is 0 Å². The molecule has 0 saturated carbocycles. The molecule has 0 amide bonds. The van der Waals surface area contributed by atoms with Crippen LogP contribution < -0.4 is 0 Å². The molecule has 1 aromatic heterocycles. The third kappa shape index (κ3) is 1.47. The second-order valence-electron chi connectivity index (χ2n) is 3.08. The molecule has 0 saturated heterocycles. The van der Waals surface area contributed by atoms with E-state index in [1.807, 2.05) is 12.3 Å². The van der Waals surface area contributed by atoms with Crippen molar-refractivity contribution in [2.45, 2.75) is 13.8 Å². The Morgan fingerprint density at radius 2 is 2.25 bits per heavy atom. The molecule has 0 aliphatic rings. The standard InChI is InChI=1S/C10H14N2/c1-7(2)8(3)9-5-6-12-10(9)11-4/h5-7,12H,3-4H2,1-2H3. The average molecular weight is 162 g/mol. The van der Waals surface area contributed by atoms with Crippen LogP contribution in [0.1, 0.15) is 19.4 Å². The van der Waals surface area contributed by atoms with Gasteiger partial charge in [0.1, 0.15) is 5.82 Å². The Balaban J connectivity index is 3.01. The maximum Gasteiger partial charge on any atom is 0.136 e. The number of nitrogens with one attached hydrogen (secondary N) is 1. The van der Waals surface area contributed by atoms with E-state index in [2.05, 4.69) is 37.1 Å². The van der Waals surface area contributed by atoms with Crippen LogP contribution in [0.5, 0.6) is 0 Å². The van der Waals surface area contributed by atoms with Crippen LogP contribution in [0.2, 0.25) is 0 Å². The summed E-state index contributed by atoms with van der Waals surface area (Å²) < 4.78 is 0. The summed E-state index contributed by atoms with van der Waals surface area (Å²) in [7, 11) is 0. The number of aliphatic imine (C=N–C) groups is 1. The summed E-state index contributed by atoms with van der Waals surface area (Å²) in [6.45, 7) is 11.7. The van der Waals surface area contributed by atoms with Crippen LogP contribution in [0.15, 0.2) is 23.8 Å². The van der Waals surface area contributed by atoms with Gasteiger partial charge in [-0.1, -0.05) is 20.4 Å². The van der Waals surface area contributed by atoms with Crippen molar-refractivity contribution in [1.29, 1.82) is 0 Å². The van der Waals surface area contributed by atoms with Gasteiger partial charge < -0.3 is 4.98 Å². The molecule has 1 rings (SSSR count). The van der Waals surface area contributed by atoms with Gasteiger partial charge in [0.15, 0.2) is 0 Å². The molecule has 0 aliphatic carbocycles. The fourth-order valence-electron chi connectivity index (χ4n) is 1.06. The van der Waals surface area contributed by atoms with Gasteiger partial charge in [0.05, 0.1) is 0 Å². The first-order valence-corrected chi connectivity index (χ1v) is 4.00. The zero-order valence-electron chi connectivity index (χ0n) is 7.59. The van der Waals surface area contributed by atoms with Gasteiger partial charge in [-0.2, -0.15) is 0 Å². The number of allylic oxidation sites excluding steroid dienone is 1. The minimum atomic E-state index is 0.446. The molecule has 0 aromatic carbocycles. The molecule has 1 aromatic rings. The van der Waals surface area contributed by atoms with Crippen molar-refractivity contribution in [2.24, 2.45) is 10.9 Å². The molecule has 0 radical (unpaired) electrons. The van der Waals surface area contributed by atoms with Crippen molar-refractivity contribution < 1.29 is 0 Å². The highest BCUT2D eigenvalue weighted by Gasteiger charge is 2.08. The molecular weight excluding hydrogens is 148 g/mol. The average Bonchev–Trinajstić information content (AvgIpc) is 2.49. The van der Waals surface area contributed by atoms with Gasteiger partial charge in [-0.15, -0.1) is 0 Å². The molecule has 0 fully saturated rings. The van der Waals surface area contributed by atoms with Gasteiger partial charge in [0, 0.05) is 11.8 Å². The lowest BCUT2D eigenvalue weighted by molar-refractivity contribution is 0.858. The number of hydrogen-bond acceptors (Lipinski definition) is 1.